The molecule has 1 N–H and O–H groups in total. The molecule has 4 nitrogen and oxygen atoms in total. The number of halogens is 3. The van der Waals surface area contributed by atoms with Crippen LogP contribution >= 0.6 is 0 Å². The molecule has 0 amide bonds. The molecule has 0 heterocycles. The predicted molar refractivity (Wildman–Crippen MR) is 66.9 cm³/mol. The van der Waals surface area contributed by atoms with Crippen LogP contribution in [0.3, 0.4) is 0 Å². The Kier molecular flexibility index (Phi) is 4.46. The van der Waals surface area contributed by atoms with Crippen LogP contribution in [-0.4, -0.2) is 14.0 Å². The summed E-state index contributed by atoms with van der Waals surface area (Å²) >= 11 is 0. The maximum absolute atomic E-state index is 12.5. The van der Waals surface area contributed by atoms with E-state index in [1.807, 2.05) is 0 Å². The Morgan fingerprint density at radius 1 is 1.30 bits per heavy atom. The van der Waals surface area contributed by atoms with E-state index < -0.39 is 33.1 Å². The summed E-state index contributed by atoms with van der Waals surface area (Å²) in [5, 5.41) is 8.75. The molecule has 110 valence electrons. The fraction of sp³-hybridized carbons (Fsp3) is 0.417. The largest absolute Gasteiger partial charge is 0.416 e. The van der Waals surface area contributed by atoms with E-state index in [1.165, 1.54) is 19.9 Å². The van der Waals surface area contributed by atoms with Crippen molar-refractivity contribution in [3.63, 3.8) is 0 Å². The van der Waals surface area contributed by atoms with E-state index in [2.05, 4.69) is 4.72 Å². The molecule has 0 aliphatic carbocycles. The molecule has 0 fully saturated rings. The van der Waals surface area contributed by atoms with Crippen LogP contribution in [0.15, 0.2) is 24.3 Å². The van der Waals surface area contributed by atoms with E-state index in [0.29, 0.717) is 0 Å². The normalized spacial score (nSPS) is 13.0. The second-order valence-electron chi connectivity index (χ2n) is 4.80. The van der Waals surface area contributed by atoms with E-state index in [-0.39, 0.29) is 5.56 Å². The van der Waals surface area contributed by atoms with Crippen molar-refractivity contribution in [3.8, 4) is 6.07 Å². The lowest BCUT2D eigenvalue weighted by Crippen LogP contribution is -2.42. The molecule has 0 saturated heterocycles. The van der Waals surface area contributed by atoms with E-state index in [0.717, 1.165) is 18.2 Å². The van der Waals surface area contributed by atoms with Crippen molar-refractivity contribution in [1.29, 1.82) is 5.26 Å². The number of nitrogens with zero attached hydrogens (tertiary/aromatic N) is 1. The summed E-state index contributed by atoms with van der Waals surface area (Å²) in [6.45, 7) is 2.72. The predicted octanol–water partition coefficient (Wildman–Crippen LogP) is 2.43. The third kappa shape index (κ3) is 4.83. The third-order valence-corrected chi connectivity index (χ3v) is 3.84. The van der Waals surface area contributed by atoms with Gasteiger partial charge in [0.15, 0.2) is 0 Å². The fourth-order valence-corrected chi connectivity index (χ4v) is 3.02. The summed E-state index contributed by atoms with van der Waals surface area (Å²) in [7, 11) is -3.91. The van der Waals surface area contributed by atoms with Crippen LogP contribution in [0.2, 0.25) is 0 Å². The highest BCUT2D eigenvalue weighted by molar-refractivity contribution is 7.88. The first-order valence-electron chi connectivity index (χ1n) is 5.54. The van der Waals surface area contributed by atoms with Gasteiger partial charge in [-0.1, -0.05) is 18.2 Å². The maximum atomic E-state index is 12.5. The summed E-state index contributed by atoms with van der Waals surface area (Å²) < 4.78 is 63.3. The monoisotopic (exact) mass is 306 g/mol. The lowest BCUT2D eigenvalue weighted by atomic mass is 10.1. The molecule has 0 saturated carbocycles. The minimum Gasteiger partial charge on any atom is -0.212 e. The van der Waals surface area contributed by atoms with Gasteiger partial charge in [-0.05, 0) is 25.5 Å². The standard InChI is InChI=1S/C12H13F3N2O2S/c1-11(2,8-16)17-20(18,19)7-9-4-3-5-10(6-9)12(13,14)15/h3-6,17H,7H2,1-2H3. The highest BCUT2D eigenvalue weighted by atomic mass is 32.2. The molecular formula is C12H13F3N2O2S. The second-order valence-corrected chi connectivity index (χ2v) is 6.52. The molecule has 0 aliphatic heterocycles. The number of alkyl halides is 3. The summed E-state index contributed by atoms with van der Waals surface area (Å²) in [6.07, 6.45) is -4.53. The van der Waals surface area contributed by atoms with E-state index in [1.54, 1.807) is 6.07 Å². The number of nitrogens with one attached hydrogen (secondary N) is 1. The lowest BCUT2D eigenvalue weighted by Gasteiger charge is -2.17. The molecule has 0 unspecified atom stereocenters. The zero-order chi connectivity index (χ0) is 15.6. The van der Waals surface area contributed by atoms with E-state index >= 15 is 0 Å². The average molecular weight is 306 g/mol. The van der Waals surface area contributed by atoms with Crippen molar-refractivity contribution in [2.45, 2.75) is 31.3 Å². The van der Waals surface area contributed by atoms with Crippen LogP contribution in [0.1, 0.15) is 25.0 Å². The molecule has 0 aromatic heterocycles. The van der Waals surface area contributed by atoms with Crippen molar-refractivity contribution in [1.82, 2.24) is 4.72 Å². The Labute approximate surface area is 115 Å². The minimum absolute atomic E-state index is 0.000986. The van der Waals surface area contributed by atoms with Crippen molar-refractivity contribution in [2.75, 3.05) is 0 Å². The van der Waals surface area contributed by atoms with Gasteiger partial charge in [0.05, 0.1) is 17.4 Å². The van der Waals surface area contributed by atoms with Crippen molar-refractivity contribution in [3.05, 3.63) is 35.4 Å². The SMILES string of the molecule is CC(C)(C#N)NS(=O)(=O)Cc1cccc(C(F)(F)F)c1. The molecule has 8 heteroatoms. The van der Waals surface area contributed by atoms with E-state index in [9.17, 15) is 21.6 Å². The number of rotatable bonds is 4. The summed E-state index contributed by atoms with van der Waals surface area (Å²) in [5.74, 6) is -0.623. The molecule has 1 aromatic rings. The average Bonchev–Trinajstić information content (AvgIpc) is 2.26. The Hall–Kier alpha value is -1.59. The van der Waals surface area contributed by atoms with Gasteiger partial charge in [-0.15, -0.1) is 0 Å². The number of hydrogen-bond acceptors (Lipinski definition) is 3. The van der Waals surface area contributed by atoms with Crippen LogP contribution in [0, 0.1) is 11.3 Å². The zero-order valence-corrected chi connectivity index (χ0v) is 11.6. The molecule has 1 aromatic carbocycles. The topological polar surface area (TPSA) is 70.0 Å². The van der Waals surface area contributed by atoms with E-state index in [4.69, 9.17) is 5.26 Å². The summed E-state index contributed by atoms with van der Waals surface area (Å²) in [6, 6.07) is 5.82. The Morgan fingerprint density at radius 3 is 2.40 bits per heavy atom. The molecule has 20 heavy (non-hydrogen) atoms. The smallest absolute Gasteiger partial charge is 0.212 e. The van der Waals surface area contributed by atoms with Crippen molar-refractivity contribution < 1.29 is 21.6 Å². The first-order valence-corrected chi connectivity index (χ1v) is 7.19. The van der Waals surface area contributed by atoms with Crippen molar-refractivity contribution in [2.24, 2.45) is 0 Å². The quantitative estimate of drug-likeness (QED) is 0.928. The zero-order valence-electron chi connectivity index (χ0n) is 10.8. The van der Waals surface area contributed by atoms with Gasteiger partial charge >= 0.3 is 6.18 Å². The van der Waals surface area contributed by atoms with Gasteiger partial charge in [0, 0.05) is 0 Å². The fourth-order valence-electron chi connectivity index (χ4n) is 1.50. The van der Waals surface area contributed by atoms with Crippen LogP contribution in [-0.2, 0) is 22.0 Å². The first kappa shape index (κ1) is 16.5. The molecular weight excluding hydrogens is 293 g/mol. The van der Waals surface area contributed by atoms with Crippen molar-refractivity contribution >= 4 is 10.0 Å². The maximum Gasteiger partial charge on any atom is 0.416 e. The molecule has 0 spiro atoms. The summed E-state index contributed by atoms with van der Waals surface area (Å²) in [4.78, 5) is 0. The molecule has 0 aliphatic rings. The first-order chi connectivity index (χ1) is 8.95. The molecule has 1 rings (SSSR count). The van der Waals surface area contributed by atoms with Gasteiger partial charge in [0.2, 0.25) is 10.0 Å². The highest BCUT2D eigenvalue weighted by Crippen LogP contribution is 2.29. The van der Waals surface area contributed by atoms with Gasteiger partial charge in [-0.25, -0.2) is 8.42 Å². The molecule has 0 atom stereocenters. The van der Waals surface area contributed by atoms with Crippen LogP contribution in [0.25, 0.3) is 0 Å². The number of hydrogen-bond donors (Lipinski definition) is 1. The van der Waals surface area contributed by atoms with Crippen LogP contribution in [0.5, 0.6) is 0 Å². The highest BCUT2D eigenvalue weighted by Gasteiger charge is 2.31. The molecule has 0 radical (unpaired) electrons. The minimum atomic E-state index is -4.53. The third-order valence-electron chi connectivity index (χ3n) is 2.30. The number of sulfonamides is 1. The number of benzene rings is 1. The Bertz CT molecular complexity index is 631. The second kappa shape index (κ2) is 5.42. The van der Waals surface area contributed by atoms with Gasteiger partial charge in [0.1, 0.15) is 5.54 Å². The molecule has 0 bridgehead atoms. The Balaban J connectivity index is 2.97. The summed E-state index contributed by atoms with van der Waals surface area (Å²) in [5.41, 5.74) is -2.23. The van der Waals surface area contributed by atoms with Crippen LogP contribution in [0.4, 0.5) is 13.2 Å². The van der Waals surface area contributed by atoms with Gasteiger partial charge in [-0.2, -0.15) is 23.2 Å². The van der Waals surface area contributed by atoms with Gasteiger partial charge in [0.25, 0.3) is 0 Å². The lowest BCUT2D eigenvalue weighted by molar-refractivity contribution is -0.137. The Morgan fingerprint density at radius 2 is 1.90 bits per heavy atom. The number of nitriles is 1. The van der Waals surface area contributed by atoms with Gasteiger partial charge < -0.3 is 0 Å². The van der Waals surface area contributed by atoms with Gasteiger partial charge in [-0.3, -0.25) is 0 Å². The van der Waals surface area contributed by atoms with Crippen LogP contribution < -0.4 is 4.72 Å².